The van der Waals surface area contributed by atoms with Crippen molar-refractivity contribution in [2.24, 2.45) is 0 Å². The Balaban J connectivity index is 1.77. The lowest BCUT2D eigenvalue weighted by molar-refractivity contribution is -0.113. The van der Waals surface area contributed by atoms with Crippen LogP contribution in [0, 0.1) is 6.92 Å². The minimum atomic E-state index is -0.196. The number of carbonyl (C=O) groups excluding carboxylic acids is 1. The fraction of sp³-hybridized carbons (Fsp3) is 0.350. The Hall–Kier alpha value is -1.54. The van der Waals surface area contributed by atoms with Gasteiger partial charge in [0.05, 0.1) is 21.5 Å². The normalized spacial score (nSPS) is 11.1. The summed E-state index contributed by atoms with van der Waals surface area (Å²) >= 11 is 15.3. The molecule has 1 aromatic carbocycles. The number of nitrogens with zero attached hydrogens (tertiary/aromatic N) is 3. The maximum absolute atomic E-state index is 12.4. The summed E-state index contributed by atoms with van der Waals surface area (Å²) in [6.45, 7) is 7.19. The average molecular weight is 469 g/mol. The predicted molar refractivity (Wildman–Crippen MR) is 124 cm³/mol. The molecule has 0 aliphatic heterocycles. The van der Waals surface area contributed by atoms with E-state index in [1.807, 2.05) is 0 Å². The first-order valence-corrected chi connectivity index (χ1v) is 12.0. The summed E-state index contributed by atoms with van der Waals surface area (Å²) in [5, 5.41) is 15.3. The van der Waals surface area contributed by atoms with E-state index in [4.69, 9.17) is 23.2 Å². The quantitative estimate of drug-likeness (QED) is 0.392. The van der Waals surface area contributed by atoms with Gasteiger partial charge >= 0.3 is 0 Å². The van der Waals surface area contributed by atoms with Crippen molar-refractivity contribution >= 4 is 57.9 Å². The second-order valence-electron chi connectivity index (χ2n) is 6.43. The molecule has 0 unspecified atom stereocenters. The molecule has 0 bridgehead atoms. The molecule has 0 saturated heterocycles. The number of halogens is 2. The van der Waals surface area contributed by atoms with Crippen LogP contribution in [0.1, 0.15) is 30.7 Å². The molecular weight excluding hydrogens is 447 g/mol. The SMILES string of the molecule is CCCn1c(SCC(=O)Nc2c(Cl)cccc2Cl)nnc1-c1csc(C)c1CC. The van der Waals surface area contributed by atoms with Crippen LogP contribution in [0.2, 0.25) is 10.0 Å². The Morgan fingerprint density at radius 3 is 2.62 bits per heavy atom. The number of carbonyl (C=O) groups is 1. The topological polar surface area (TPSA) is 59.8 Å². The molecule has 1 N–H and O–H groups in total. The van der Waals surface area contributed by atoms with E-state index in [0.29, 0.717) is 15.7 Å². The Labute approximate surface area is 188 Å². The molecule has 5 nitrogen and oxygen atoms in total. The fourth-order valence-corrected chi connectivity index (χ4v) is 5.24. The molecule has 1 amide bonds. The van der Waals surface area contributed by atoms with Crippen molar-refractivity contribution in [3.05, 3.63) is 44.1 Å². The maximum Gasteiger partial charge on any atom is 0.234 e. The Morgan fingerprint density at radius 1 is 1.24 bits per heavy atom. The van der Waals surface area contributed by atoms with Gasteiger partial charge in [0.1, 0.15) is 0 Å². The van der Waals surface area contributed by atoms with E-state index < -0.39 is 0 Å². The van der Waals surface area contributed by atoms with Gasteiger partial charge in [0.25, 0.3) is 0 Å². The van der Waals surface area contributed by atoms with E-state index >= 15 is 0 Å². The van der Waals surface area contributed by atoms with Crippen molar-refractivity contribution < 1.29 is 4.79 Å². The largest absolute Gasteiger partial charge is 0.323 e. The monoisotopic (exact) mass is 468 g/mol. The average Bonchev–Trinajstić information content (AvgIpc) is 3.26. The van der Waals surface area contributed by atoms with Crippen molar-refractivity contribution in [3.63, 3.8) is 0 Å². The number of rotatable bonds is 8. The van der Waals surface area contributed by atoms with Crippen LogP contribution in [-0.4, -0.2) is 26.4 Å². The minimum absolute atomic E-state index is 0.187. The molecule has 0 fully saturated rings. The lowest BCUT2D eigenvalue weighted by atomic mass is 10.1. The third kappa shape index (κ3) is 4.97. The van der Waals surface area contributed by atoms with Crippen LogP contribution in [-0.2, 0) is 17.8 Å². The molecule has 2 heterocycles. The molecule has 9 heteroatoms. The molecule has 0 spiro atoms. The van der Waals surface area contributed by atoms with Gasteiger partial charge in [0, 0.05) is 22.4 Å². The Bertz CT molecular complexity index is 996. The number of nitrogens with one attached hydrogen (secondary N) is 1. The van der Waals surface area contributed by atoms with Gasteiger partial charge in [-0.05, 0) is 37.5 Å². The van der Waals surface area contributed by atoms with Crippen LogP contribution in [0.4, 0.5) is 5.69 Å². The molecule has 0 atom stereocenters. The van der Waals surface area contributed by atoms with Gasteiger partial charge in [0.15, 0.2) is 11.0 Å². The third-order valence-corrected chi connectivity index (χ3v) is 6.97. The Kier molecular flexibility index (Phi) is 7.62. The summed E-state index contributed by atoms with van der Waals surface area (Å²) < 4.78 is 2.10. The number of hydrogen-bond acceptors (Lipinski definition) is 5. The minimum Gasteiger partial charge on any atom is -0.323 e. The maximum atomic E-state index is 12.4. The lowest BCUT2D eigenvalue weighted by Crippen LogP contribution is -2.15. The highest BCUT2D eigenvalue weighted by atomic mass is 35.5. The van der Waals surface area contributed by atoms with Crippen molar-refractivity contribution in [2.75, 3.05) is 11.1 Å². The predicted octanol–water partition coefficient (Wildman–Crippen LogP) is 6.33. The van der Waals surface area contributed by atoms with Gasteiger partial charge in [-0.1, -0.05) is 54.9 Å². The van der Waals surface area contributed by atoms with E-state index in [-0.39, 0.29) is 11.7 Å². The number of amides is 1. The number of thiophene rings is 1. The first-order valence-electron chi connectivity index (χ1n) is 9.33. The van der Waals surface area contributed by atoms with Crippen LogP contribution in [0.3, 0.4) is 0 Å². The van der Waals surface area contributed by atoms with Gasteiger partial charge in [-0.2, -0.15) is 0 Å². The number of hydrogen-bond donors (Lipinski definition) is 1. The molecule has 0 radical (unpaired) electrons. The second-order valence-corrected chi connectivity index (χ2v) is 9.27. The van der Waals surface area contributed by atoms with Crippen LogP contribution in [0.25, 0.3) is 11.4 Å². The van der Waals surface area contributed by atoms with E-state index in [2.05, 4.69) is 46.2 Å². The summed E-state index contributed by atoms with van der Waals surface area (Å²) in [7, 11) is 0. The summed E-state index contributed by atoms with van der Waals surface area (Å²) in [5.41, 5.74) is 2.87. The number of benzene rings is 1. The van der Waals surface area contributed by atoms with Gasteiger partial charge in [-0.25, -0.2) is 0 Å². The van der Waals surface area contributed by atoms with Crippen LogP contribution in [0.5, 0.6) is 0 Å². The standard InChI is InChI=1S/C20H22Cl2N4OS2/c1-4-9-26-19(14-10-28-12(3)13(14)5-2)24-25-20(26)29-11-17(27)23-18-15(21)7-6-8-16(18)22/h6-8,10H,4-5,9,11H2,1-3H3,(H,23,27). The van der Waals surface area contributed by atoms with Crippen molar-refractivity contribution in [2.45, 2.75) is 45.3 Å². The van der Waals surface area contributed by atoms with E-state index in [0.717, 1.165) is 35.9 Å². The molecule has 3 aromatic rings. The second kappa shape index (κ2) is 9.98. The molecule has 0 aliphatic rings. The van der Waals surface area contributed by atoms with Crippen molar-refractivity contribution in [3.8, 4) is 11.4 Å². The molecular formula is C20H22Cl2N4OS2. The first kappa shape index (κ1) is 22.2. The zero-order chi connectivity index (χ0) is 21.0. The molecule has 0 saturated carbocycles. The fourth-order valence-electron chi connectivity index (χ4n) is 3.05. The highest BCUT2D eigenvalue weighted by molar-refractivity contribution is 7.99. The van der Waals surface area contributed by atoms with Gasteiger partial charge in [0.2, 0.25) is 5.91 Å². The number of para-hydroxylation sites is 1. The van der Waals surface area contributed by atoms with E-state index in [9.17, 15) is 4.79 Å². The summed E-state index contributed by atoms with van der Waals surface area (Å²) in [4.78, 5) is 13.7. The highest BCUT2D eigenvalue weighted by Gasteiger charge is 2.19. The lowest BCUT2D eigenvalue weighted by Gasteiger charge is -2.11. The number of anilines is 1. The van der Waals surface area contributed by atoms with Gasteiger partial charge < -0.3 is 9.88 Å². The highest BCUT2D eigenvalue weighted by Crippen LogP contribution is 2.33. The van der Waals surface area contributed by atoms with Gasteiger partial charge in [-0.15, -0.1) is 21.5 Å². The van der Waals surface area contributed by atoms with E-state index in [1.165, 1.54) is 22.2 Å². The van der Waals surface area contributed by atoms with Crippen LogP contribution in [0.15, 0.2) is 28.7 Å². The number of thioether (sulfide) groups is 1. The smallest absolute Gasteiger partial charge is 0.234 e. The number of aryl methyl sites for hydroxylation is 1. The first-order chi connectivity index (χ1) is 14.0. The number of aromatic nitrogens is 3. The molecule has 2 aromatic heterocycles. The Morgan fingerprint density at radius 2 is 1.97 bits per heavy atom. The summed E-state index contributed by atoms with van der Waals surface area (Å²) in [5.74, 6) is 0.857. The van der Waals surface area contributed by atoms with Crippen molar-refractivity contribution in [1.29, 1.82) is 0 Å². The van der Waals surface area contributed by atoms with Crippen LogP contribution < -0.4 is 5.32 Å². The van der Waals surface area contributed by atoms with Crippen LogP contribution >= 0.6 is 46.3 Å². The molecule has 3 rings (SSSR count). The van der Waals surface area contributed by atoms with E-state index in [1.54, 1.807) is 29.5 Å². The molecule has 0 aliphatic carbocycles. The van der Waals surface area contributed by atoms with Gasteiger partial charge in [-0.3, -0.25) is 4.79 Å². The zero-order valence-corrected chi connectivity index (χ0v) is 19.6. The molecule has 154 valence electrons. The summed E-state index contributed by atoms with van der Waals surface area (Å²) in [6.07, 6.45) is 1.90. The summed E-state index contributed by atoms with van der Waals surface area (Å²) in [6, 6.07) is 5.11. The molecule has 29 heavy (non-hydrogen) atoms. The van der Waals surface area contributed by atoms with Crippen molar-refractivity contribution in [1.82, 2.24) is 14.8 Å². The zero-order valence-electron chi connectivity index (χ0n) is 16.5. The third-order valence-electron chi connectivity index (χ3n) is 4.42.